The summed E-state index contributed by atoms with van der Waals surface area (Å²) < 4.78 is 42.1. The molecule has 16 heavy (non-hydrogen) atoms. The van der Waals surface area contributed by atoms with Gasteiger partial charge in [0, 0.05) is 6.20 Å². The fourth-order valence-corrected chi connectivity index (χ4v) is 1.10. The van der Waals surface area contributed by atoms with Crippen molar-refractivity contribution >= 4 is 5.97 Å². The van der Waals surface area contributed by atoms with Gasteiger partial charge >= 0.3 is 5.97 Å². The lowest BCUT2D eigenvalue weighted by Gasteiger charge is -2.07. The first kappa shape index (κ1) is 12.3. The molecule has 0 bridgehead atoms. The van der Waals surface area contributed by atoms with Crippen LogP contribution < -0.4 is 5.43 Å². The van der Waals surface area contributed by atoms with E-state index >= 15 is 0 Å². The Hall–Kier alpha value is -1.79. The molecule has 4 nitrogen and oxygen atoms in total. The van der Waals surface area contributed by atoms with Gasteiger partial charge < -0.3 is 9.72 Å². The number of hydrogen-bond acceptors (Lipinski definition) is 3. The van der Waals surface area contributed by atoms with E-state index in [9.17, 15) is 22.8 Å². The second-order valence-corrected chi connectivity index (χ2v) is 2.78. The number of carbonyl (C=O) groups is 1. The molecular formula is C9H8F3NO3. The van der Waals surface area contributed by atoms with Crippen LogP contribution >= 0.6 is 0 Å². The van der Waals surface area contributed by atoms with Gasteiger partial charge in [-0.15, -0.1) is 0 Å². The summed E-state index contributed by atoms with van der Waals surface area (Å²) in [7, 11) is 0. The highest BCUT2D eigenvalue weighted by Gasteiger charge is 2.25. The maximum absolute atomic E-state index is 12.7. The van der Waals surface area contributed by atoms with Gasteiger partial charge in [0.1, 0.15) is 5.69 Å². The Kier molecular flexibility index (Phi) is 3.70. The van der Waals surface area contributed by atoms with E-state index in [0.29, 0.717) is 6.20 Å². The lowest BCUT2D eigenvalue weighted by molar-refractivity contribution is 0.0506. The van der Waals surface area contributed by atoms with E-state index in [1.807, 2.05) is 4.98 Å². The number of aromatic amines is 1. The summed E-state index contributed by atoms with van der Waals surface area (Å²) in [6, 6.07) is 0. The number of nitrogens with one attached hydrogen (secondary N) is 1. The molecule has 0 aliphatic rings. The van der Waals surface area contributed by atoms with Crippen molar-refractivity contribution in [2.24, 2.45) is 0 Å². The molecule has 7 heteroatoms. The van der Waals surface area contributed by atoms with Gasteiger partial charge in [-0.3, -0.25) is 4.79 Å². The lowest BCUT2D eigenvalue weighted by atomic mass is 10.2. The Balaban J connectivity index is 3.35. The van der Waals surface area contributed by atoms with Crippen molar-refractivity contribution in [2.75, 3.05) is 6.61 Å². The number of aromatic nitrogens is 1. The van der Waals surface area contributed by atoms with Gasteiger partial charge in [0.15, 0.2) is 5.82 Å². The molecule has 0 atom stereocenters. The monoisotopic (exact) mass is 235 g/mol. The highest BCUT2D eigenvalue weighted by molar-refractivity contribution is 5.88. The topological polar surface area (TPSA) is 59.2 Å². The molecule has 0 saturated carbocycles. The van der Waals surface area contributed by atoms with Crippen LogP contribution in [0.15, 0.2) is 11.0 Å². The van der Waals surface area contributed by atoms with Crippen LogP contribution in [0, 0.1) is 5.82 Å². The second-order valence-electron chi connectivity index (χ2n) is 2.78. The number of hydrogen-bond donors (Lipinski definition) is 1. The summed E-state index contributed by atoms with van der Waals surface area (Å²) in [5.41, 5.74) is -3.43. The third-order valence-corrected chi connectivity index (χ3v) is 1.77. The molecule has 0 radical (unpaired) electrons. The Morgan fingerprint density at radius 1 is 1.56 bits per heavy atom. The molecule has 0 amide bonds. The number of carbonyl (C=O) groups excluding carboxylic acids is 1. The highest BCUT2D eigenvalue weighted by atomic mass is 19.3. The van der Waals surface area contributed by atoms with Crippen molar-refractivity contribution in [1.29, 1.82) is 0 Å². The molecule has 0 saturated heterocycles. The molecule has 1 heterocycles. The quantitative estimate of drug-likeness (QED) is 0.810. The van der Waals surface area contributed by atoms with Crippen molar-refractivity contribution in [1.82, 2.24) is 4.98 Å². The van der Waals surface area contributed by atoms with E-state index in [2.05, 4.69) is 4.74 Å². The summed E-state index contributed by atoms with van der Waals surface area (Å²) in [5.74, 6) is -2.49. The van der Waals surface area contributed by atoms with Crippen LogP contribution in [0.2, 0.25) is 0 Å². The van der Waals surface area contributed by atoms with Crippen molar-refractivity contribution in [3.8, 4) is 0 Å². The van der Waals surface area contributed by atoms with Crippen LogP contribution in [0.4, 0.5) is 13.2 Å². The molecule has 0 aliphatic carbocycles. The van der Waals surface area contributed by atoms with Crippen molar-refractivity contribution in [2.45, 2.75) is 13.3 Å². The number of pyridine rings is 1. The van der Waals surface area contributed by atoms with Gasteiger partial charge in [0.05, 0.1) is 12.2 Å². The van der Waals surface area contributed by atoms with Crippen LogP contribution in [0.3, 0.4) is 0 Å². The summed E-state index contributed by atoms with van der Waals surface area (Å²) in [6.45, 7) is 1.43. The molecule has 1 aromatic heterocycles. The SMILES string of the molecule is CCOC(=O)c1[nH]cc(F)c(=O)c1C(F)F. The van der Waals surface area contributed by atoms with E-state index in [0.717, 1.165) is 0 Å². The van der Waals surface area contributed by atoms with E-state index in [1.54, 1.807) is 0 Å². The first-order chi connectivity index (χ1) is 7.49. The van der Waals surface area contributed by atoms with Gasteiger partial charge in [0.25, 0.3) is 6.43 Å². The van der Waals surface area contributed by atoms with Crippen LogP contribution in [0.1, 0.15) is 29.4 Å². The predicted octanol–water partition coefficient (Wildman–Crippen LogP) is 1.63. The van der Waals surface area contributed by atoms with Crippen molar-refractivity contribution in [3.05, 3.63) is 33.5 Å². The maximum atomic E-state index is 12.7. The predicted molar refractivity (Wildman–Crippen MR) is 47.9 cm³/mol. The normalized spacial score (nSPS) is 10.6. The average molecular weight is 235 g/mol. The Bertz CT molecular complexity index is 456. The first-order valence-corrected chi connectivity index (χ1v) is 4.35. The number of halogens is 3. The van der Waals surface area contributed by atoms with Gasteiger partial charge in [0.2, 0.25) is 5.43 Å². The van der Waals surface area contributed by atoms with Crippen LogP contribution in [0.5, 0.6) is 0 Å². The minimum atomic E-state index is -3.25. The lowest BCUT2D eigenvalue weighted by Crippen LogP contribution is -2.22. The van der Waals surface area contributed by atoms with Gasteiger partial charge in [-0.1, -0.05) is 0 Å². The molecule has 1 N–H and O–H groups in total. The Morgan fingerprint density at radius 3 is 2.69 bits per heavy atom. The van der Waals surface area contributed by atoms with E-state index in [4.69, 9.17) is 0 Å². The molecule has 0 aliphatic heterocycles. The highest BCUT2D eigenvalue weighted by Crippen LogP contribution is 2.18. The summed E-state index contributed by atoms with van der Waals surface area (Å²) in [6.07, 6.45) is -2.71. The number of H-pyrrole nitrogens is 1. The second kappa shape index (κ2) is 4.82. The minimum absolute atomic E-state index is 0.0408. The largest absolute Gasteiger partial charge is 0.461 e. The molecule has 0 spiro atoms. The molecule has 0 fully saturated rings. The fourth-order valence-electron chi connectivity index (χ4n) is 1.10. The summed E-state index contributed by atoms with van der Waals surface area (Å²) in [5, 5.41) is 0. The molecule has 1 rings (SSSR count). The van der Waals surface area contributed by atoms with Crippen molar-refractivity contribution in [3.63, 3.8) is 0 Å². The standard InChI is InChI=1S/C9H8F3NO3/c1-2-16-9(15)6-5(8(11)12)7(14)4(10)3-13-6/h3,8H,2H2,1H3,(H,13,14). The number of rotatable bonds is 3. The van der Waals surface area contributed by atoms with E-state index < -0.39 is 34.9 Å². The third-order valence-electron chi connectivity index (χ3n) is 1.77. The minimum Gasteiger partial charge on any atom is -0.461 e. The fraction of sp³-hybridized carbons (Fsp3) is 0.333. The summed E-state index contributed by atoms with van der Waals surface area (Å²) in [4.78, 5) is 24.2. The first-order valence-electron chi connectivity index (χ1n) is 4.35. The smallest absolute Gasteiger partial charge is 0.355 e. The van der Waals surface area contributed by atoms with Gasteiger partial charge in [-0.2, -0.15) is 0 Å². The number of ether oxygens (including phenoxy) is 1. The van der Waals surface area contributed by atoms with Gasteiger partial charge in [-0.25, -0.2) is 18.0 Å². The van der Waals surface area contributed by atoms with Gasteiger partial charge in [-0.05, 0) is 6.92 Å². The zero-order chi connectivity index (χ0) is 12.3. The Labute approximate surface area is 88.0 Å². The number of alkyl halides is 2. The molecule has 88 valence electrons. The van der Waals surface area contributed by atoms with E-state index in [-0.39, 0.29) is 6.61 Å². The Morgan fingerprint density at radius 2 is 2.19 bits per heavy atom. The average Bonchev–Trinajstić information content (AvgIpc) is 2.21. The molecule has 1 aromatic rings. The van der Waals surface area contributed by atoms with Crippen LogP contribution in [-0.2, 0) is 4.74 Å². The zero-order valence-electron chi connectivity index (χ0n) is 8.22. The molecule has 0 aromatic carbocycles. The van der Waals surface area contributed by atoms with Crippen LogP contribution in [0.25, 0.3) is 0 Å². The van der Waals surface area contributed by atoms with Crippen LogP contribution in [-0.4, -0.2) is 17.6 Å². The zero-order valence-corrected chi connectivity index (χ0v) is 8.22. The molecule has 0 unspecified atom stereocenters. The van der Waals surface area contributed by atoms with E-state index in [1.165, 1.54) is 6.92 Å². The summed E-state index contributed by atoms with van der Waals surface area (Å²) >= 11 is 0. The number of esters is 1. The molecular weight excluding hydrogens is 227 g/mol. The van der Waals surface area contributed by atoms with Crippen molar-refractivity contribution < 1.29 is 22.7 Å². The maximum Gasteiger partial charge on any atom is 0.355 e. The third kappa shape index (κ3) is 2.23.